The SMILES string of the molecule is CCOC1(CCC(=O)N(C)CC(=O)OCc2ccccc2)c2cc(C)c(OC(C)=O)cc2Oc2cc(OC(C)=O)c(C)cc21. The Morgan fingerprint density at radius 1 is 0.841 bits per heavy atom. The number of rotatable bonds is 11. The van der Waals surface area contributed by atoms with E-state index in [0.29, 0.717) is 51.9 Å². The highest BCUT2D eigenvalue weighted by molar-refractivity contribution is 5.82. The topological polar surface area (TPSA) is 118 Å². The van der Waals surface area contributed by atoms with Gasteiger partial charge in [0.05, 0.1) is 0 Å². The van der Waals surface area contributed by atoms with Crippen molar-refractivity contribution in [3.8, 4) is 23.0 Å². The summed E-state index contributed by atoms with van der Waals surface area (Å²) in [4.78, 5) is 50.7. The van der Waals surface area contributed by atoms with E-state index in [0.717, 1.165) is 5.56 Å². The maximum absolute atomic E-state index is 13.4. The van der Waals surface area contributed by atoms with Gasteiger partial charge in [0, 0.05) is 57.2 Å². The molecule has 232 valence electrons. The highest BCUT2D eigenvalue weighted by Crippen LogP contribution is 2.54. The largest absolute Gasteiger partial charge is 0.459 e. The third-order valence-electron chi connectivity index (χ3n) is 7.27. The van der Waals surface area contributed by atoms with Crippen molar-refractivity contribution in [2.75, 3.05) is 20.2 Å². The second kappa shape index (κ2) is 13.7. The van der Waals surface area contributed by atoms with Crippen molar-refractivity contribution in [2.24, 2.45) is 0 Å². The Hall–Kier alpha value is -4.70. The van der Waals surface area contributed by atoms with Gasteiger partial charge in [-0.1, -0.05) is 30.3 Å². The van der Waals surface area contributed by atoms with Gasteiger partial charge in [0.25, 0.3) is 0 Å². The van der Waals surface area contributed by atoms with E-state index in [1.165, 1.54) is 18.7 Å². The summed E-state index contributed by atoms with van der Waals surface area (Å²) in [5, 5.41) is 0. The maximum Gasteiger partial charge on any atom is 0.325 e. The molecule has 0 saturated heterocycles. The Balaban J connectivity index is 1.65. The number of carbonyl (C=O) groups excluding carboxylic acids is 4. The van der Waals surface area contributed by atoms with Gasteiger partial charge in [-0.25, -0.2) is 0 Å². The molecule has 44 heavy (non-hydrogen) atoms. The molecule has 0 saturated carbocycles. The first-order valence-corrected chi connectivity index (χ1v) is 14.4. The van der Waals surface area contributed by atoms with Gasteiger partial charge in [-0.15, -0.1) is 0 Å². The zero-order valence-corrected chi connectivity index (χ0v) is 25.9. The number of fused-ring (bicyclic) bond motifs is 2. The molecular weight excluding hydrogens is 566 g/mol. The number of hydrogen-bond acceptors (Lipinski definition) is 9. The summed E-state index contributed by atoms with van der Waals surface area (Å²) in [6.45, 7) is 8.29. The molecule has 1 aliphatic rings. The van der Waals surface area contributed by atoms with Crippen LogP contribution in [-0.2, 0) is 40.9 Å². The lowest BCUT2D eigenvalue weighted by atomic mass is 9.78. The van der Waals surface area contributed by atoms with Crippen LogP contribution in [0.5, 0.6) is 23.0 Å². The second-order valence-corrected chi connectivity index (χ2v) is 10.7. The molecule has 1 heterocycles. The summed E-state index contributed by atoms with van der Waals surface area (Å²) in [5.74, 6) is -0.380. The zero-order chi connectivity index (χ0) is 32.0. The maximum atomic E-state index is 13.4. The molecule has 3 aromatic carbocycles. The van der Waals surface area contributed by atoms with E-state index in [4.69, 9.17) is 23.7 Å². The first kappa shape index (κ1) is 32.2. The van der Waals surface area contributed by atoms with Gasteiger partial charge in [-0.3, -0.25) is 19.2 Å². The number of esters is 3. The molecule has 0 unspecified atom stereocenters. The third-order valence-corrected chi connectivity index (χ3v) is 7.27. The van der Waals surface area contributed by atoms with Gasteiger partial charge in [-0.05, 0) is 56.0 Å². The lowest BCUT2D eigenvalue weighted by Crippen LogP contribution is -2.38. The van der Waals surface area contributed by atoms with Crippen molar-refractivity contribution in [1.82, 2.24) is 4.90 Å². The Kier molecular flexibility index (Phi) is 10.1. The number of carbonyl (C=O) groups is 4. The fourth-order valence-corrected chi connectivity index (χ4v) is 5.21. The van der Waals surface area contributed by atoms with Crippen LogP contribution in [0.15, 0.2) is 54.6 Å². The van der Waals surface area contributed by atoms with Crippen LogP contribution >= 0.6 is 0 Å². The van der Waals surface area contributed by atoms with E-state index in [-0.39, 0.29) is 31.9 Å². The molecule has 0 atom stereocenters. The van der Waals surface area contributed by atoms with Gasteiger partial charge < -0.3 is 28.6 Å². The highest BCUT2D eigenvalue weighted by atomic mass is 16.5. The minimum absolute atomic E-state index is 0.0246. The van der Waals surface area contributed by atoms with E-state index in [1.807, 2.05) is 49.4 Å². The van der Waals surface area contributed by atoms with Crippen LogP contribution in [-0.4, -0.2) is 48.9 Å². The predicted molar refractivity (Wildman–Crippen MR) is 161 cm³/mol. The standard InChI is InChI=1S/C34H37NO9/c1-7-41-34(14-13-32(38)35(6)19-33(39)40-20-25-11-9-8-10-12-25)26-15-21(2)28(42-23(4)36)17-30(26)44-31-18-29(43-24(5)37)22(3)16-27(31)34/h8-12,15-18H,7,13-14,19-20H2,1-6H3. The monoisotopic (exact) mass is 603 g/mol. The van der Waals surface area contributed by atoms with E-state index in [9.17, 15) is 19.2 Å². The molecule has 0 aliphatic carbocycles. The summed E-state index contributed by atoms with van der Waals surface area (Å²) in [5.41, 5.74) is 2.35. The molecule has 10 heteroatoms. The lowest BCUT2D eigenvalue weighted by molar-refractivity contribution is -0.150. The van der Waals surface area contributed by atoms with Crippen LogP contribution in [0.1, 0.15) is 61.4 Å². The molecule has 0 bridgehead atoms. The minimum Gasteiger partial charge on any atom is -0.459 e. The molecule has 3 aromatic rings. The molecule has 0 N–H and O–H groups in total. The van der Waals surface area contributed by atoms with Crippen LogP contribution in [0.25, 0.3) is 0 Å². The molecule has 10 nitrogen and oxygen atoms in total. The van der Waals surface area contributed by atoms with Crippen molar-refractivity contribution in [3.63, 3.8) is 0 Å². The van der Waals surface area contributed by atoms with E-state index in [1.54, 1.807) is 33.0 Å². The molecule has 1 aliphatic heterocycles. The van der Waals surface area contributed by atoms with Crippen LogP contribution in [0, 0.1) is 13.8 Å². The van der Waals surface area contributed by atoms with Crippen molar-refractivity contribution in [3.05, 3.63) is 82.4 Å². The van der Waals surface area contributed by atoms with E-state index < -0.39 is 23.5 Å². The number of likely N-dealkylation sites (N-methyl/N-ethyl adjacent to an activating group) is 1. The summed E-state index contributed by atoms with van der Waals surface area (Å²) in [6, 6.07) is 16.2. The number of aryl methyl sites for hydroxylation is 2. The molecule has 0 spiro atoms. The fraction of sp³-hybridized carbons (Fsp3) is 0.353. The number of nitrogens with zero attached hydrogens (tertiary/aromatic N) is 1. The Labute approximate surface area is 256 Å². The van der Waals surface area contributed by atoms with Crippen molar-refractivity contribution >= 4 is 23.8 Å². The van der Waals surface area contributed by atoms with E-state index >= 15 is 0 Å². The first-order valence-electron chi connectivity index (χ1n) is 14.4. The van der Waals surface area contributed by atoms with Crippen LogP contribution in [0.3, 0.4) is 0 Å². The van der Waals surface area contributed by atoms with Crippen molar-refractivity contribution in [2.45, 2.75) is 59.7 Å². The van der Waals surface area contributed by atoms with E-state index in [2.05, 4.69) is 0 Å². The van der Waals surface area contributed by atoms with Crippen LogP contribution in [0.2, 0.25) is 0 Å². The normalized spacial score (nSPS) is 12.7. The highest BCUT2D eigenvalue weighted by Gasteiger charge is 2.45. The van der Waals surface area contributed by atoms with Crippen molar-refractivity contribution < 1.29 is 42.9 Å². The van der Waals surface area contributed by atoms with Gasteiger partial charge in [0.1, 0.15) is 41.8 Å². The van der Waals surface area contributed by atoms with Gasteiger partial charge in [-0.2, -0.15) is 0 Å². The minimum atomic E-state index is -1.15. The lowest BCUT2D eigenvalue weighted by Gasteiger charge is -2.41. The second-order valence-electron chi connectivity index (χ2n) is 10.7. The predicted octanol–water partition coefficient (Wildman–Crippen LogP) is 5.52. The summed E-state index contributed by atoms with van der Waals surface area (Å²) in [6.07, 6.45) is 0.224. The smallest absolute Gasteiger partial charge is 0.325 e. The van der Waals surface area contributed by atoms with Crippen molar-refractivity contribution in [1.29, 1.82) is 0 Å². The van der Waals surface area contributed by atoms with Gasteiger partial charge in [0.2, 0.25) is 5.91 Å². The average molecular weight is 604 g/mol. The molecule has 0 radical (unpaired) electrons. The van der Waals surface area contributed by atoms with Crippen LogP contribution < -0.4 is 14.2 Å². The summed E-state index contributed by atoms with van der Waals surface area (Å²) < 4.78 is 29.0. The molecule has 0 aromatic heterocycles. The number of amides is 1. The van der Waals surface area contributed by atoms with Gasteiger partial charge in [0.15, 0.2) is 0 Å². The Morgan fingerprint density at radius 2 is 1.39 bits per heavy atom. The molecule has 4 rings (SSSR count). The molecule has 1 amide bonds. The Morgan fingerprint density at radius 3 is 1.89 bits per heavy atom. The number of benzene rings is 3. The number of hydrogen-bond donors (Lipinski definition) is 0. The quantitative estimate of drug-likeness (QED) is 0.206. The summed E-state index contributed by atoms with van der Waals surface area (Å²) in [7, 11) is 1.55. The molecular formula is C34H37NO9. The van der Waals surface area contributed by atoms with Crippen LogP contribution in [0.4, 0.5) is 0 Å². The summed E-state index contributed by atoms with van der Waals surface area (Å²) >= 11 is 0. The average Bonchev–Trinajstić information content (AvgIpc) is 2.97. The molecule has 0 fully saturated rings. The zero-order valence-electron chi connectivity index (χ0n) is 25.9. The first-order chi connectivity index (χ1) is 20.9. The third kappa shape index (κ3) is 7.26. The van der Waals surface area contributed by atoms with Gasteiger partial charge >= 0.3 is 17.9 Å². The Bertz CT molecular complexity index is 1490. The fourth-order valence-electron chi connectivity index (χ4n) is 5.21. The number of ether oxygens (including phenoxy) is 5.